The maximum absolute atomic E-state index is 11.7. The molecule has 0 atom stereocenters. The van der Waals surface area contributed by atoms with Gasteiger partial charge in [0.2, 0.25) is 0 Å². The van der Waals surface area contributed by atoms with Crippen molar-refractivity contribution in [3.05, 3.63) is 77.9 Å². The molecule has 4 aromatic rings. The molecule has 4 rings (SSSR count). The fourth-order valence-electron chi connectivity index (χ4n) is 3.11. The first-order chi connectivity index (χ1) is 14.2. The number of nitrogens with zero attached hydrogens (tertiary/aromatic N) is 1. The van der Waals surface area contributed by atoms with Crippen LogP contribution in [0.3, 0.4) is 0 Å². The number of aromatic amines is 1. The zero-order chi connectivity index (χ0) is 20.2. The van der Waals surface area contributed by atoms with Gasteiger partial charge >= 0.3 is 5.97 Å². The summed E-state index contributed by atoms with van der Waals surface area (Å²) in [6, 6.07) is 20.7. The third-order valence-electron chi connectivity index (χ3n) is 4.60. The number of nitrogens with one attached hydrogen (secondary N) is 1. The SMILES string of the molecule is COC(=O)c1ccc2nc(-c3cccc(OCc4ccccc4OC)c3)[nH]c2c1. The lowest BCUT2D eigenvalue weighted by molar-refractivity contribution is 0.0601. The minimum atomic E-state index is -0.380. The Morgan fingerprint density at radius 1 is 1.00 bits per heavy atom. The van der Waals surface area contributed by atoms with Gasteiger partial charge in [0.25, 0.3) is 0 Å². The molecule has 0 radical (unpaired) electrons. The number of rotatable bonds is 6. The van der Waals surface area contributed by atoms with E-state index in [0.29, 0.717) is 18.0 Å². The number of para-hydroxylation sites is 1. The molecule has 0 saturated heterocycles. The van der Waals surface area contributed by atoms with Crippen molar-refractivity contribution in [1.82, 2.24) is 9.97 Å². The van der Waals surface area contributed by atoms with Crippen LogP contribution in [0, 0.1) is 0 Å². The Hall–Kier alpha value is -3.80. The Morgan fingerprint density at radius 3 is 2.69 bits per heavy atom. The largest absolute Gasteiger partial charge is 0.496 e. The van der Waals surface area contributed by atoms with Crippen LogP contribution < -0.4 is 9.47 Å². The van der Waals surface area contributed by atoms with E-state index in [2.05, 4.69) is 9.97 Å². The number of carbonyl (C=O) groups excluding carboxylic acids is 1. The molecule has 1 N–H and O–H groups in total. The van der Waals surface area contributed by atoms with Gasteiger partial charge in [0.1, 0.15) is 23.9 Å². The van der Waals surface area contributed by atoms with Gasteiger partial charge in [-0.15, -0.1) is 0 Å². The predicted molar refractivity (Wildman–Crippen MR) is 110 cm³/mol. The highest BCUT2D eigenvalue weighted by atomic mass is 16.5. The fraction of sp³-hybridized carbons (Fsp3) is 0.130. The van der Waals surface area contributed by atoms with Crippen LogP contribution in [0.15, 0.2) is 66.7 Å². The summed E-state index contributed by atoms with van der Waals surface area (Å²) in [4.78, 5) is 19.6. The van der Waals surface area contributed by atoms with E-state index in [1.54, 1.807) is 25.3 Å². The molecule has 29 heavy (non-hydrogen) atoms. The smallest absolute Gasteiger partial charge is 0.337 e. The molecule has 0 fully saturated rings. The van der Waals surface area contributed by atoms with E-state index in [1.807, 2.05) is 48.5 Å². The molecule has 0 aliphatic rings. The zero-order valence-electron chi connectivity index (χ0n) is 16.1. The summed E-state index contributed by atoms with van der Waals surface area (Å²) in [6.07, 6.45) is 0. The maximum Gasteiger partial charge on any atom is 0.337 e. The number of H-pyrrole nitrogens is 1. The van der Waals surface area contributed by atoms with Crippen molar-refractivity contribution in [2.75, 3.05) is 14.2 Å². The Balaban J connectivity index is 1.57. The first-order valence-corrected chi connectivity index (χ1v) is 9.11. The molecule has 0 bridgehead atoms. The van der Waals surface area contributed by atoms with Gasteiger partial charge in [0.05, 0.1) is 30.8 Å². The minimum absolute atomic E-state index is 0.380. The van der Waals surface area contributed by atoms with Gasteiger partial charge in [0, 0.05) is 11.1 Å². The van der Waals surface area contributed by atoms with Gasteiger partial charge in [-0.05, 0) is 36.4 Å². The van der Waals surface area contributed by atoms with Gasteiger partial charge in [0.15, 0.2) is 0 Å². The highest BCUT2D eigenvalue weighted by Gasteiger charge is 2.11. The quantitative estimate of drug-likeness (QED) is 0.489. The molecule has 0 saturated carbocycles. The van der Waals surface area contributed by atoms with Crippen LogP contribution >= 0.6 is 0 Å². The Morgan fingerprint density at radius 2 is 1.86 bits per heavy atom. The molecule has 0 aliphatic carbocycles. The molecule has 146 valence electrons. The molecule has 0 spiro atoms. The van der Waals surface area contributed by atoms with E-state index in [-0.39, 0.29) is 5.97 Å². The zero-order valence-corrected chi connectivity index (χ0v) is 16.1. The number of carbonyl (C=O) groups is 1. The van der Waals surface area contributed by atoms with Crippen molar-refractivity contribution >= 4 is 17.0 Å². The van der Waals surface area contributed by atoms with Crippen molar-refractivity contribution in [3.8, 4) is 22.9 Å². The summed E-state index contributed by atoms with van der Waals surface area (Å²) in [5.41, 5.74) is 3.87. The molecule has 3 aromatic carbocycles. The molecule has 1 aromatic heterocycles. The van der Waals surface area contributed by atoms with Crippen LogP contribution in [-0.4, -0.2) is 30.2 Å². The lowest BCUT2D eigenvalue weighted by atomic mass is 10.2. The van der Waals surface area contributed by atoms with Crippen molar-refractivity contribution < 1.29 is 19.0 Å². The average molecular weight is 388 g/mol. The van der Waals surface area contributed by atoms with E-state index < -0.39 is 0 Å². The van der Waals surface area contributed by atoms with Gasteiger partial charge in [-0.1, -0.05) is 30.3 Å². The number of fused-ring (bicyclic) bond motifs is 1. The monoisotopic (exact) mass is 388 g/mol. The second-order valence-corrected chi connectivity index (χ2v) is 6.44. The number of methoxy groups -OCH3 is 2. The third kappa shape index (κ3) is 3.91. The second-order valence-electron chi connectivity index (χ2n) is 6.44. The molecule has 6 nitrogen and oxygen atoms in total. The standard InChI is InChI=1S/C23H20N2O4/c1-27-21-9-4-3-6-17(21)14-29-18-8-5-7-15(12-18)22-24-19-11-10-16(23(26)28-2)13-20(19)25-22/h3-13H,14H2,1-2H3,(H,24,25). The third-order valence-corrected chi connectivity index (χ3v) is 4.60. The number of hydrogen-bond acceptors (Lipinski definition) is 5. The van der Waals surface area contributed by atoms with Crippen molar-refractivity contribution in [1.29, 1.82) is 0 Å². The number of hydrogen-bond donors (Lipinski definition) is 1. The highest BCUT2D eigenvalue weighted by Crippen LogP contribution is 2.26. The number of ether oxygens (including phenoxy) is 3. The lowest BCUT2D eigenvalue weighted by Gasteiger charge is -2.10. The molecule has 0 aliphatic heterocycles. The van der Waals surface area contributed by atoms with E-state index >= 15 is 0 Å². The summed E-state index contributed by atoms with van der Waals surface area (Å²) in [7, 11) is 3.01. The minimum Gasteiger partial charge on any atom is -0.496 e. The molecular weight excluding hydrogens is 368 g/mol. The first-order valence-electron chi connectivity index (χ1n) is 9.11. The topological polar surface area (TPSA) is 73.4 Å². The van der Waals surface area contributed by atoms with Crippen LogP contribution in [0.25, 0.3) is 22.4 Å². The summed E-state index contributed by atoms with van der Waals surface area (Å²) >= 11 is 0. The molecule has 6 heteroatoms. The fourth-order valence-corrected chi connectivity index (χ4v) is 3.11. The van der Waals surface area contributed by atoms with E-state index in [1.165, 1.54) is 7.11 Å². The van der Waals surface area contributed by atoms with Crippen molar-refractivity contribution in [2.45, 2.75) is 6.61 Å². The van der Waals surface area contributed by atoms with Crippen LogP contribution in [0.1, 0.15) is 15.9 Å². The number of imidazole rings is 1. The summed E-state index contributed by atoms with van der Waals surface area (Å²) < 4.78 is 16.1. The van der Waals surface area contributed by atoms with Crippen LogP contribution in [0.2, 0.25) is 0 Å². The number of aromatic nitrogens is 2. The van der Waals surface area contributed by atoms with Gasteiger partial charge < -0.3 is 19.2 Å². The van der Waals surface area contributed by atoms with E-state index in [9.17, 15) is 4.79 Å². The Kier molecular flexibility index (Phi) is 5.16. The highest BCUT2D eigenvalue weighted by molar-refractivity contribution is 5.94. The number of esters is 1. The van der Waals surface area contributed by atoms with Crippen molar-refractivity contribution in [3.63, 3.8) is 0 Å². The molecule has 0 unspecified atom stereocenters. The number of benzene rings is 3. The average Bonchev–Trinajstić information content (AvgIpc) is 3.21. The molecule has 1 heterocycles. The van der Waals surface area contributed by atoms with Crippen LogP contribution in [0.4, 0.5) is 0 Å². The molecular formula is C23H20N2O4. The van der Waals surface area contributed by atoms with Crippen LogP contribution in [0.5, 0.6) is 11.5 Å². The van der Waals surface area contributed by atoms with Gasteiger partial charge in [-0.25, -0.2) is 9.78 Å². The second kappa shape index (κ2) is 8.06. The Bertz CT molecular complexity index is 1170. The van der Waals surface area contributed by atoms with E-state index in [0.717, 1.165) is 33.7 Å². The summed E-state index contributed by atoms with van der Waals surface area (Å²) in [5.74, 6) is 1.84. The lowest BCUT2D eigenvalue weighted by Crippen LogP contribution is -2.00. The maximum atomic E-state index is 11.7. The summed E-state index contributed by atoms with van der Waals surface area (Å²) in [6.45, 7) is 0.399. The first kappa shape index (κ1) is 18.6. The van der Waals surface area contributed by atoms with Gasteiger partial charge in [-0.3, -0.25) is 0 Å². The Labute approximate surface area is 168 Å². The normalized spacial score (nSPS) is 10.7. The van der Waals surface area contributed by atoms with Crippen LogP contribution in [-0.2, 0) is 11.3 Å². The van der Waals surface area contributed by atoms with E-state index in [4.69, 9.17) is 14.2 Å². The van der Waals surface area contributed by atoms with Gasteiger partial charge in [-0.2, -0.15) is 0 Å². The summed E-state index contributed by atoms with van der Waals surface area (Å²) in [5, 5.41) is 0. The molecule has 0 amide bonds. The predicted octanol–water partition coefficient (Wildman–Crippen LogP) is 4.60. The van der Waals surface area contributed by atoms with Crippen molar-refractivity contribution in [2.24, 2.45) is 0 Å².